The second kappa shape index (κ2) is 7.64. The maximum atomic E-state index is 6.27. The molecule has 2 aliphatic rings. The molecule has 112 valence electrons. The summed E-state index contributed by atoms with van der Waals surface area (Å²) in [6.07, 6.45) is 14.1. The summed E-state index contributed by atoms with van der Waals surface area (Å²) >= 11 is 0. The number of nitrogens with one attached hydrogen (secondary N) is 1. The van der Waals surface area contributed by atoms with E-state index in [1.807, 2.05) is 0 Å². The normalized spacial score (nSPS) is 30.0. The van der Waals surface area contributed by atoms with E-state index >= 15 is 0 Å². The second-order valence-corrected chi connectivity index (χ2v) is 6.56. The van der Waals surface area contributed by atoms with Crippen LogP contribution in [0, 0.1) is 5.41 Å². The second-order valence-electron chi connectivity index (χ2n) is 6.56. The van der Waals surface area contributed by atoms with Crippen LogP contribution in [-0.4, -0.2) is 25.3 Å². The maximum Gasteiger partial charge on any atom is 0.0661 e. The third kappa shape index (κ3) is 3.52. The highest BCUT2D eigenvalue weighted by Gasteiger charge is 2.54. The first-order valence-electron chi connectivity index (χ1n) is 8.68. The Bertz CT molecular complexity index is 246. The largest absolute Gasteiger partial charge is 0.378 e. The summed E-state index contributed by atoms with van der Waals surface area (Å²) in [7, 11) is 0. The fourth-order valence-corrected chi connectivity index (χ4v) is 4.15. The van der Waals surface area contributed by atoms with Crippen LogP contribution in [-0.2, 0) is 4.74 Å². The van der Waals surface area contributed by atoms with Crippen LogP contribution in [0.2, 0.25) is 0 Å². The average Bonchev–Trinajstić information content (AvgIpc) is 2.69. The number of hydrogen-bond donors (Lipinski definition) is 1. The lowest BCUT2D eigenvalue weighted by Gasteiger charge is -2.56. The molecule has 0 radical (unpaired) electrons. The molecule has 0 heterocycles. The molecular weight excluding hydrogens is 234 g/mol. The third-order valence-corrected chi connectivity index (χ3v) is 5.34. The molecule has 1 spiro atoms. The Balaban J connectivity index is 1.87. The zero-order chi connectivity index (χ0) is 13.6. The van der Waals surface area contributed by atoms with Crippen molar-refractivity contribution in [3.05, 3.63) is 0 Å². The van der Waals surface area contributed by atoms with E-state index in [9.17, 15) is 0 Å². The van der Waals surface area contributed by atoms with Crippen molar-refractivity contribution in [2.45, 2.75) is 90.2 Å². The van der Waals surface area contributed by atoms with E-state index < -0.39 is 0 Å². The van der Waals surface area contributed by atoms with Crippen molar-refractivity contribution in [3.63, 3.8) is 0 Å². The molecular formula is C17H33NO. The Hall–Kier alpha value is -0.0800. The van der Waals surface area contributed by atoms with Crippen LogP contribution in [0.4, 0.5) is 0 Å². The predicted molar refractivity (Wildman–Crippen MR) is 81.5 cm³/mol. The molecule has 0 aromatic heterocycles. The monoisotopic (exact) mass is 267 g/mol. The summed E-state index contributed by atoms with van der Waals surface area (Å²) in [6.45, 7) is 6.59. The molecule has 2 heteroatoms. The fraction of sp³-hybridized carbons (Fsp3) is 1.00. The summed E-state index contributed by atoms with van der Waals surface area (Å²) in [5.41, 5.74) is 0.485. The van der Waals surface area contributed by atoms with Gasteiger partial charge in [-0.05, 0) is 32.2 Å². The van der Waals surface area contributed by atoms with E-state index in [1.165, 1.54) is 64.2 Å². The molecule has 0 aromatic rings. The first-order chi connectivity index (χ1) is 9.33. The van der Waals surface area contributed by atoms with Crippen LogP contribution in [0.5, 0.6) is 0 Å². The topological polar surface area (TPSA) is 21.3 Å². The van der Waals surface area contributed by atoms with E-state index in [2.05, 4.69) is 19.2 Å². The molecule has 2 aliphatic carbocycles. The molecule has 2 saturated carbocycles. The molecule has 2 atom stereocenters. The van der Waals surface area contributed by atoms with Crippen LogP contribution >= 0.6 is 0 Å². The molecule has 0 bridgehead atoms. The molecule has 2 rings (SSSR count). The van der Waals surface area contributed by atoms with E-state index in [4.69, 9.17) is 4.74 Å². The molecule has 0 aliphatic heterocycles. The van der Waals surface area contributed by atoms with Gasteiger partial charge < -0.3 is 10.1 Å². The van der Waals surface area contributed by atoms with Gasteiger partial charge in [-0.25, -0.2) is 0 Å². The van der Waals surface area contributed by atoms with Gasteiger partial charge in [0.15, 0.2) is 0 Å². The molecule has 2 fully saturated rings. The predicted octanol–water partition coefficient (Wildman–Crippen LogP) is 4.28. The summed E-state index contributed by atoms with van der Waals surface area (Å²) in [5.74, 6) is 0. The molecule has 19 heavy (non-hydrogen) atoms. The van der Waals surface area contributed by atoms with Crippen molar-refractivity contribution in [2.75, 3.05) is 13.2 Å². The molecule has 2 unspecified atom stereocenters. The summed E-state index contributed by atoms with van der Waals surface area (Å²) in [5, 5.41) is 3.72. The summed E-state index contributed by atoms with van der Waals surface area (Å²) < 4.78 is 6.27. The van der Waals surface area contributed by atoms with Gasteiger partial charge >= 0.3 is 0 Å². The lowest BCUT2D eigenvalue weighted by molar-refractivity contribution is -0.144. The minimum Gasteiger partial charge on any atom is -0.378 e. The summed E-state index contributed by atoms with van der Waals surface area (Å²) in [4.78, 5) is 0. The van der Waals surface area contributed by atoms with Gasteiger partial charge in [-0.1, -0.05) is 52.4 Å². The minimum absolute atomic E-state index is 0.485. The smallest absolute Gasteiger partial charge is 0.0661 e. The van der Waals surface area contributed by atoms with E-state index in [0.717, 1.165) is 19.2 Å². The van der Waals surface area contributed by atoms with Gasteiger partial charge in [-0.2, -0.15) is 0 Å². The average molecular weight is 267 g/mol. The zero-order valence-electron chi connectivity index (χ0n) is 13.0. The van der Waals surface area contributed by atoms with Crippen molar-refractivity contribution >= 4 is 0 Å². The van der Waals surface area contributed by atoms with Crippen LogP contribution in [0.25, 0.3) is 0 Å². The first kappa shape index (κ1) is 15.3. The fourth-order valence-electron chi connectivity index (χ4n) is 4.15. The lowest BCUT2D eigenvalue weighted by Crippen LogP contribution is -2.63. The maximum absolute atomic E-state index is 6.27. The van der Waals surface area contributed by atoms with Crippen LogP contribution in [0.15, 0.2) is 0 Å². The first-order valence-corrected chi connectivity index (χ1v) is 8.68. The Kier molecular flexibility index (Phi) is 6.15. The van der Waals surface area contributed by atoms with Gasteiger partial charge in [0.25, 0.3) is 0 Å². The Labute approximate surface area is 119 Å². The van der Waals surface area contributed by atoms with Gasteiger partial charge in [0, 0.05) is 18.1 Å². The number of rotatable bonds is 7. The van der Waals surface area contributed by atoms with Crippen molar-refractivity contribution < 1.29 is 4.74 Å². The minimum atomic E-state index is 0.485. The van der Waals surface area contributed by atoms with Gasteiger partial charge in [0.2, 0.25) is 0 Å². The highest BCUT2D eigenvalue weighted by atomic mass is 16.5. The molecule has 1 N–H and O–H groups in total. The van der Waals surface area contributed by atoms with Crippen LogP contribution in [0.3, 0.4) is 0 Å². The van der Waals surface area contributed by atoms with Crippen LogP contribution < -0.4 is 5.32 Å². The Morgan fingerprint density at radius 2 is 1.79 bits per heavy atom. The lowest BCUT2D eigenvalue weighted by atomic mass is 9.57. The van der Waals surface area contributed by atoms with E-state index in [1.54, 1.807) is 0 Å². The van der Waals surface area contributed by atoms with Crippen LogP contribution in [0.1, 0.15) is 78.1 Å². The number of unbranched alkanes of at least 4 members (excludes halogenated alkanes) is 2. The summed E-state index contributed by atoms with van der Waals surface area (Å²) in [6, 6.07) is 0.728. The quantitative estimate of drug-likeness (QED) is 0.695. The molecule has 2 nitrogen and oxygen atoms in total. The number of ether oxygens (including phenoxy) is 1. The van der Waals surface area contributed by atoms with E-state index in [-0.39, 0.29) is 0 Å². The SMILES string of the molecule is CCCCCOC1CC(NCC)C12CCCCCC2. The number of hydrogen-bond acceptors (Lipinski definition) is 2. The highest BCUT2D eigenvalue weighted by Crippen LogP contribution is 2.52. The highest BCUT2D eigenvalue weighted by molar-refractivity contribution is 5.08. The van der Waals surface area contributed by atoms with Crippen molar-refractivity contribution in [2.24, 2.45) is 5.41 Å². The van der Waals surface area contributed by atoms with Crippen molar-refractivity contribution in [1.29, 1.82) is 0 Å². The van der Waals surface area contributed by atoms with E-state index in [0.29, 0.717) is 11.5 Å². The standard InChI is InChI=1S/C17H33NO/c1-3-5-10-13-19-16-14-15(18-4-2)17(16)11-8-6-7-9-12-17/h15-16,18H,3-14H2,1-2H3. The Morgan fingerprint density at radius 1 is 1.05 bits per heavy atom. The third-order valence-electron chi connectivity index (χ3n) is 5.34. The van der Waals surface area contributed by atoms with Crippen molar-refractivity contribution in [1.82, 2.24) is 5.32 Å². The molecule has 0 aromatic carbocycles. The van der Waals surface area contributed by atoms with Crippen molar-refractivity contribution in [3.8, 4) is 0 Å². The van der Waals surface area contributed by atoms with Gasteiger partial charge in [0.05, 0.1) is 6.10 Å². The molecule has 0 amide bonds. The zero-order valence-corrected chi connectivity index (χ0v) is 13.0. The Morgan fingerprint density at radius 3 is 2.42 bits per heavy atom. The molecule has 0 saturated heterocycles. The van der Waals surface area contributed by atoms with Gasteiger partial charge in [0.1, 0.15) is 0 Å². The van der Waals surface area contributed by atoms with Gasteiger partial charge in [-0.3, -0.25) is 0 Å². The van der Waals surface area contributed by atoms with Gasteiger partial charge in [-0.15, -0.1) is 0 Å².